The smallest absolute Gasteiger partial charge is 0.226 e. The van der Waals surface area contributed by atoms with E-state index in [0.29, 0.717) is 23.3 Å². The van der Waals surface area contributed by atoms with Gasteiger partial charge >= 0.3 is 0 Å². The largest absolute Gasteiger partial charge is 0.311 e. The van der Waals surface area contributed by atoms with Crippen LogP contribution in [-0.4, -0.2) is 10.9 Å². The lowest BCUT2D eigenvalue weighted by Gasteiger charge is -2.02. The molecule has 0 radical (unpaired) electrons. The molecule has 0 spiro atoms. The molecule has 0 aliphatic heterocycles. The van der Waals surface area contributed by atoms with Gasteiger partial charge in [-0.1, -0.05) is 6.07 Å². The van der Waals surface area contributed by atoms with Gasteiger partial charge in [0.15, 0.2) is 0 Å². The molecule has 72 valence electrons. The molecule has 0 aliphatic carbocycles. The summed E-state index contributed by atoms with van der Waals surface area (Å²) in [4.78, 5) is 15.3. The lowest BCUT2D eigenvalue weighted by atomic mass is 10.3. The molecule has 1 rings (SSSR count). The fourth-order valence-corrected chi connectivity index (χ4v) is 1.21. The Morgan fingerprint density at radius 2 is 2.43 bits per heavy atom. The number of hydrogen-bond acceptors (Lipinski definition) is 2. The van der Waals surface area contributed by atoms with Crippen molar-refractivity contribution in [3.8, 4) is 12.3 Å². The molecule has 0 atom stereocenters. The molecule has 1 aromatic heterocycles. The first kappa shape index (κ1) is 10.7. The summed E-state index contributed by atoms with van der Waals surface area (Å²) in [6.07, 6.45) is 5.81. The number of nitrogens with zero attached hydrogens (tertiary/aromatic N) is 1. The molecule has 0 aliphatic rings. The molecular weight excluding hydrogens is 244 g/mol. The van der Waals surface area contributed by atoms with Crippen molar-refractivity contribution in [1.82, 2.24) is 4.98 Å². The Kier molecular flexibility index (Phi) is 4.14. The zero-order valence-corrected chi connectivity index (χ0v) is 9.04. The number of carbonyl (C=O) groups is 1. The van der Waals surface area contributed by atoms with Gasteiger partial charge in [0.1, 0.15) is 10.4 Å². The van der Waals surface area contributed by atoms with Gasteiger partial charge < -0.3 is 5.32 Å². The number of pyridine rings is 1. The van der Waals surface area contributed by atoms with Crippen LogP contribution in [0.25, 0.3) is 0 Å². The first-order valence-electron chi connectivity index (χ1n) is 4.08. The van der Waals surface area contributed by atoms with Crippen molar-refractivity contribution in [3.63, 3.8) is 0 Å². The van der Waals surface area contributed by atoms with Crippen molar-refractivity contribution in [2.45, 2.75) is 12.8 Å². The first-order valence-corrected chi connectivity index (χ1v) is 4.87. The van der Waals surface area contributed by atoms with E-state index in [1.165, 1.54) is 0 Å². The standard InChI is InChI=1S/C10H9BrN2O/c1-2-3-7-10(14)13-9-6-4-5-8(11)12-9/h1,4-6H,3,7H2,(H,12,13,14). The number of terminal acetylenes is 1. The van der Waals surface area contributed by atoms with Crippen LogP contribution < -0.4 is 5.32 Å². The van der Waals surface area contributed by atoms with Crippen LogP contribution in [0, 0.1) is 12.3 Å². The van der Waals surface area contributed by atoms with Crippen LogP contribution in [0.4, 0.5) is 5.82 Å². The summed E-state index contributed by atoms with van der Waals surface area (Å²) < 4.78 is 0.687. The predicted molar refractivity (Wildman–Crippen MR) is 58.6 cm³/mol. The number of amides is 1. The van der Waals surface area contributed by atoms with Gasteiger partial charge in [-0.05, 0) is 28.1 Å². The van der Waals surface area contributed by atoms with Gasteiger partial charge in [-0.3, -0.25) is 4.79 Å². The van der Waals surface area contributed by atoms with Crippen LogP contribution in [0.15, 0.2) is 22.8 Å². The molecule has 1 heterocycles. The van der Waals surface area contributed by atoms with Gasteiger partial charge in [-0.25, -0.2) is 4.98 Å². The van der Waals surface area contributed by atoms with Crippen molar-refractivity contribution in [1.29, 1.82) is 0 Å². The third-order valence-electron chi connectivity index (χ3n) is 1.48. The molecule has 0 saturated heterocycles. The van der Waals surface area contributed by atoms with Gasteiger partial charge in [-0.15, -0.1) is 12.3 Å². The minimum absolute atomic E-state index is 0.117. The average molecular weight is 253 g/mol. The quantitative estimate of drug-likeness (QED) is 0.662. The maximum Gasteiger partial charge on any atom is 0.226 e. The molecule has 1 N–H and O–H groups in total. The van der Waals surface area contributed by atoms with Crippen LogP contribution in [0.3, 0.4) is 0 Å². The van der Waals surface area contributed by atoms with E-state index in [0.717, 1.165) is 0 Å². The Bertz CT molecular complexity index is 371. The average Bonchev–Trinajstić information content (AvgIpc) is 2.15. The van der Waals surface area contributed by atoms with Crippen molar-refractivity contribution in [2.75, 3.05) is 5.32 Å². The van der Waals surface area contributed by atoms with Crippen molar-refractivity contribution in [3.05, 3.63) is 22.8 Å². The summed E-state index contributed by atoms with van der Waals surface area (Å²) in [6, 6.07) is 5.31. The van der Waals surface area contributed by atoms with Crippen molar-refractivity contribution in [2.24, 2.45) is 0 Å². The normalized spacial score (nSPS) is 9.14. The number of hydrogen-bond donors (Lipinski definition) is 1. The summed E-state index contributed by atoms with van der Waals surface area (Å²) in [5, 5.41) is 2.64. The Labute approximate surface area is 91.1 Å². The Morgan fingerprint density at radius 3 is 3.07 bits per heavy atom. The molecule has 3 nitrogen and oxygen atoms in total. The highest BCUT2D eigenvalue weighted by Gasteiger charge is 2.01. The first-order chi connectivity index (χ1) is 6.72. The van der Waals surface area contributed by atoms with Crippen molar-refractivity contribution >= 4 is 27.7 Å². The van der Waals surface area contributed by atoms with Crippen LogP contribution in [0.2, 0.25) is 0 Å². The zero-order chi connectivity index (χ0) is 10.4. The number of nitrogens with one attached hydrogen (secondary N) is 1. The van der Waals surface area contributed by atoms with E-state index in [-0.39, 0.29) is 5.91 Å². The topological polar surface area (TPSA) is 42.0 Å². The molecule has 0 fully saturated rings. The third-order valence-corrected chi connectivity index (χ3v) is 1.92. The minimum atomic E-state index is -0.117. The summed E-state index contributed by atoms with van der Waals surface area (Å²) in [5.41, 5.74) is 0. The maximum absolute atomic E-state index is 11.2. The highest BCUT2D eigenvalue weighted by molar-refractivity contribution is 9.10. The minimum Gasteiger partial charge on any atom is -0.311 e. The van der Waals surface area contributed by atoms with Gasteiger partial charge in [0.05, 0.1) is 0 Å². The Balaban J connectivity index is 2.53. The van der Waals surface area contributed by atoms with E-state index in [2.05, 4.69) is 32.2 Å². The molecule has 1 aromatic rings. The molecule has 0 saturated carbocycles. The molecule has 1 amide bonds. The molecule has 14 heavy (non-hydrogen) atoms. The molecular formula is C10H9BrN2O. The number of carbonyl (C=O) groups excluding carboxylic acids is 1. The van der Waals surface area contributed by atoms with E-state index in [4.69, 9.17) is 6.42 Å². The second-order valence-corrected chi connectivity index (χ2v) is 3.41. The SMILES string of the molecule is C#CCCC(=O)Nc1cccc(Br)n1. The second kappa shape index (κ2) is 5.40. The Morgan fingerprint density at radius 1 is 1.64 bits per heavy atom. The lowest BCUT2D eigenvalue weighted by Crippen LogP contribution is -2.11. The van der Waals surface area contributed by atoms with Gasteiger partial charge in [0.2, 0.25) is 5.91 Å². The molecule has 4 heteroatoms. The lowest BCUT2D eigenvalue weighted by molar-refractivity contribution is -0.116. The van der Waals surface area contributed by atoms with E-state index in [1.54, 1.807) is 18.2 Å². The zero-order valence-electron chi connectivity index (χ0n) is 7.46. The summed E-state index contributed by atoms with van der Waals surface area (Å²) >= 11 is 3.21. The van der Waals surface area contributed by atoms with Crippen LogP contribution >= 0.6 is 15.9 Å². The van der Waals surface area contributed by atoms with E-state index < -0.39 is 0 Å². The number of anilines is 1. The third kappa shape index (κ3) is 3.58. The van der Waals surface area contributed by atoms with Crippen LogP contribution in [0.5, 0.6) is 0 Å². The summed E-state index contributed by atoms with van der Waals surface area (Å²) in [6.45, 7) is 0. The number of aromatic nitrogens is 1. The molecule has 0 unspecified atom stereocenters. The van der Waals surface area contributed by atoms with Crippen LogP contribution in [-0.2, 0) is 4.79 Å². The second-order valence-electron chi connectivity index (χ2n) is 2.60. The highest BCUT2D eigenvalue weighted by Crippen LogP contribution is 2.10. The number of rotatable bonds is 3. The summed E-state index contributed by atoms with van der Waals surface area (Å²) in [7, 11) is 0. The van der Waals surface area contributed by atoms with E-state index in [1.807, 2.05) is 0 Å². The van der Waals surface area contributed by atoms with Crippen LogP contribution in [0.1, 0.15) is 12.8 Å². The maximum atomic E-state index is 11.2. The van der Waals surface area contributed by atoms with E-state index in [9.17, 15) is 4.79 Å². The highest BCUT2D eigenvalue weighted by atomic mass is 79.9. The fourth-order valence-electron chi connectivity index (χ4n) is 0.869. The molecule has 0 bridgehead atoms. The van der Waals surface area contributed by atoms with Gasteiger partial charge in [0.25, 0.3) is 0 Å². The van der Waals surface area contributed by atoms with Gasteiger partial charge in [-0.2, -0.15) is 0 Å². The monoisotopic (exact) mass is 252 g/mol. The van der Waals surface area contributed by atoms with Crippen molar-refractivity contribution < 1.29 is 4.79 Å². The Hall–Kier alpha value is -1.34. The van der Waals surface area contributed by atoms with Gasteiger partial charge in [0, 0.05) is 12.8 Å². The predicted octanol–water partition coefficient (Wildman–Crippen LogP) is 2.20. The summed E-state index contributed by atoms with van der Waals surface area (Å²) in [5.74, 6) is 2.82. The molecule has 0 aromatic carbocycles. The fraction of sp³-hybridized carbons (Fsp3) is 0.200. The number of halogens is 1. The van der Waals surface area contributed by atoms with E-state index >= 15 is 0 Å².